The fourth-order valence-corrected chi connectivity index (χ4v) is 9.03. The fourth-order valence-electron chi connectivity index (χ4n) is 1.73. The van der Waals surface area contributed by atoms with Crippen molar-refractivity contribution in [2.45, 2.75) is 3.91 Å². The van der Waals surface area contributed by atoms with Gasteiger partial charge in [0.05, 0.1) is 61.3 Å². The van der Waals surface area contributed by atoms with Gasteiger partial charge in [0.15, 0.2) is 0 Å². The van der Waals surface area contributed by atoms with E-state index in [1.165, 1.54) is 8.47 Å². The Morgan fingerprint density at radius 3 is 1.48 bits per heavy atom. The molecule has 134 valence electrons. The minimum atomic E-state index is 0.581. The van der Waals surface area contributed by atoms with Crippen molar-refractivity contribution in [3.05, 3.63) is 8.47 Å². The lowest BCUT2D eigenvalue weighted by molar-refractivity contribution is 0.00147. The topological polar surface area (TPSA) is 36.9 Å². The third-order valence-electron chi connectivity index (χ3n) is 2.80. The zero-order chi connectivity index (χ0) is 16.2. The van der Waals surface area contributed by atoms with Gasteiger partial charge in [0.25, 0.3) is 0 Å². The number of hydrogen-bond donors (Lipinski definition) is 0. The summed E-state index contributed by atoms with van der Waals surface area (Å²) in [6, 6.07) is 0. The van der Waals surface area contributed by atoms with Gasteiger partial charge in [-0.3, -0.25) is 0 Å². The van der Waals surface area contributed by atoms with Crippen molar-refractivity contribution in [3.63, 3.8) is 0 Å². The summed E-state index contributed by atoms with van der Waals surface area (Å²) in [5.74, 6) is 1.99. The minimum Gasteiger partial charge on any atom is -0.378 e. The molecule has 0 atom stereocenters. The van der Waals surface area contributed by atoms with Crippen LogP contribution in [0.2, 0.25) is 0 Å². The second-order valence-corrected chi connectivity index (χ2v) is 11.3. The van der Waals surface area contributed by atoms with Crippen LogP contribution in [0.4, 0.5) is 0 Å². The molecule has 9 heteroatoms. The first-order valence-electron chi connectivity index (χ1n) is 7.57. The molecule has 2 aliphatic heterocycles. The van der Waals surface area contributed by atoms with E-state index in [0.717, 1.165) is 24.7 Å². The highest BCUT2D eigenvalue weighted by molar-refractivity contribution is 8.44. The Morgan fingerprint density at radius 2 is 1.09 bits per heavy atom. The Hall–Kier alpha value is 1.33. The van der Waals surface area contributed by atoms with Gasteiger partial charge in [0.1, 0.15) is 3.91 Å². The molecule has 0 N–H and O–H groups in total. The predicted octanol–water partition coefficient (Wildman–Crippen LogP) is 3.79. The van der Waals surface area contributed by atoms with Crippen molar-refractivity contribution in [2.24, 2.45) is 0 Å². The van der Waals surface area contributed by atoms with Gasteiger partial charge < -0.3 is 18.9 Å². The number of hydrogen-bond acceptors (Lipinski definition) is 9. The average molecular weight is 417 g/mol. The summed E-state index contributed by atoms with van der Waals surface area (Å²) in [6.07, 6.45) is 2.17. The first-order chi connectivity index (χ1) is 11.4. The van der Waals surface area contributed by atoms with Crippen molar-refractivity contribution in [1.82, 2.24) is 0 Å². The summed E-state index contributed by atoms with van der Waals surface area (Å²) >= 11 is 9.69. The van der Waals surface area contributed by atoms with Crippen LogP contribution in [0.1, 0.15) is 0 Å². The van der Waals surface area contributed by atoms with E-state index in [1.807, 2.05) is 58.8 Å². The highest BCUT2D eigenvalue weighted by Crippen LogP contribution is 2.57. The lowest BCUT2D eigenvalue weighted by Gasteiger charge is -2.09. The van der Waals surface area contributed by atoms with E-state index in [9.17, 15) is 0 Å². The van der Waals surface area contributed by atoms with Gasteiger partial charge in [-0.25, -0.2) is 0 Å². The molecule has 0 bridgehead atoms. The second kappa shape index (κ2) is 13.5. The summed E-state index contributed by atoms with van der Waals surface area (Å²) in [7, 11) is 0. The van der Waals surface area contributed by atoms with Crippen molar-refractivity contribution in [1.29, 1.82) is 0 Å². The summed E-state index contributed by atoms with van der Waals surface area (Å²) in [6.45, 7) is 5.34. The van der Waals surface area contributed by atoms with Crippen LogP contribution in [0.15, 0.2) is 8.47 Å². The van der Waals surface area contributed by atoms with Gasteiger partial charge in [-0.15, -0.1) is 35.3 Å². The van der Waals surface area contributed by atoms with Crippen LogP contribution in [-0.2, 0) is 18.9 Å². The van der Waals surface area contributed by atoms with Crippen LogP contribution >= 0.6 is 58.8 Å². The third-order valence-corrected chi connectivity index (χ3v) is 10.2. The normalized spacial score (nSPS) is 24.9. The molecule has 0 unspecified atom stereocenters. The summed E-state index contributed by atoms with van der Waals surface area (Å²) in [4.78, 5) is 0. The molecule has 2 aliphatic rings. The Balaban J connectivity index is 1.77. The Kier molecular flexibility index (Phi) is 12.1. The second-order valence-electron chi connectivity index (χ2n) is 4.48. The van der Waals surface area contributed by atoms with Crippen molar-refractivity contribution in [3.8, 4) is 0 Å². The van der Waals surface area contributed by atoms with Gasteiger partial charge in [-0.05, 0) is 6.26 Å². The molecule has 2 rings (SSSR count). The van der Waals surface area contributed by atoms with Crippen LogP contribution < -0.4 is 0 Å². The zero-order valence-electron chi connectivity index (χ0n) is 13.3. The van der Waals surface area contributed by atoms with Crippen LogP contribution in [0.25, 0.3) is 0 Å². The monoisotopic (exact) mass is 416 g/mol. The summed E-state index contributed by atoms with van der Waals surface area (Å²) in [5.41, 5.74) is 0. The lowest BCUT2D eigenvalue weighted by Crippen LogP contribution is -2.13. The molecular weight excluding hydrogens is 392 g/mol. The SMILES string of the molecule is CSC1SC2=C(SCCOCCOCCOCCOCCS2)S1. The molecule has 0 aromatic rings. The maximum Gasteiger partial charge on any atom is 0.106 e. The predicted molar refractivity (Wildman–Crippen MR) is 108 cm³/mol. The quantitative estimate of drug-likeness (QED) is 0.634. The Bertz CT molecular complexity index is 326. The minimum absolute atomic E-state index is 0.581. The molecule has 23 heavy (non-hydrogen) atoms. The van der Waals surface area contributed by atoms with E-state index >= 15 is 0 Å². The van der Waals surface area contributed by atoms with E-state index in [-0.39, 0.29) is 0 Å². The van der Waals surface area contributed by atoms with E-state index in [4.69, 9.17) is 18.9 Å². The molecule has 0 fully saturated rings. The Labute approximate surface area is 160 Å². The molecule has 4 nitrogen and oxygen atoms in total. The zero-order valence-corrected chi connectivity index (χ0v) is 17.4. The molecule has 0 radical (unpaired) electrons. The fraction of sp³-hybridized carbons (Fsp3) is 0.857. The van der Waals surface area contributed by atoms with Crippen molar-refractivity contribution < 1.29 is 18.9 Å². The van der Waals surface area contributed by atoms with E-state index in [0.29, 0.717) is 43.6 Å². The van der Waals surface area contributed by atoms with E-state index < -0.39 is 0 Å². The van der Waals surface area contributed by atoms with Crippen molar-refractivity contribution >= 4 is 58.8 Å². The van der Waals surface area contributed by atoms with Crippen molar-refractivity contribution in [2.75, 3.05) is 70.6 Å². The summed E-state index contributed by atoms with van der Waals surface area (Å²) < 4.78 is 25.6. The maximum atomic E-state index is 5.62. The number of thioether (sulfide) groups is 5. The first-order valence-corrected chi connectivity index (χ1v) is 12.6. The van der Waals surface area contributed by atoms with E-state index in [2.05, 4.69) is 6.26 Å². The molecule has 0 aliphatic carbocycles. The average Bonchev–Trinajstić information content (AvgIpc) is 2.96. The van der Waals surface area contributed by atoms with Gasteiger partial charge in [0.2, 0.25) is 0 Å². The van der Waals surface area contributed by atoms with Crippen LogP contribution in [-0.4, -0.2) is 74.5 Å². The van der Waals surface area contributed by atoms with Gasteiger partial charge >= 0.3 is 0 Å². The molecule has 0 saturated carbocycles. The standard InChI is InChI=1S/C14H24O4S5/c1-19-14-22-12-13(23-14)21-11-9-18-7-5-16-3-2-15-4-6-17-8-10-20-12/h14H,2-11H2,1H3. The van der Waals surface area contributed by atoms with Crippen LogP contribution in [0, 0.1) is 0 Å². The Morgan fingerprint density at radius 1 is 0.696 bits per heavy atom. The molecular formula is C14H24O4S5. The van der Waals surface area contributed by atoms with Crippen LogP contribution in [0.3, 0.4) is 0 Å². The highest BCUT2D eigenvalue weighted by atomic mass is 32.3. The lowest BCUT2D eigenvalue weighted by atomic mass is 10.7. The van der Waals surface area contributed by atoms with E-state index in [1.54, 1.807) is 0 Å². The smallest absolute Gasteiger partial charge is 0.106 e. The number of ether oxygens (including phenoxy) is 4. The molecule has 0 amide bonds. The third kappa shape index (κ3) is 9.01. The van der Waals surface area contributed by atoms with Gasteiger partial charge in [0, 0.05) is 11.5 Å². The van der Waals surface area contributed by atoms with Crippen LogP contribution in [0.5, 0.6) is 0 Å². The largest absolute Gasteiger partial charge is 0.378 e. The van der Waals surface area contributed by atoms with Gasteiger partial charge in [-0.1, -0.05) is 23.5 Å². The first kappa shape index (κ1) is 20.6. The molecule has 0 aromatic heterocycles. The molecule has 0 spiro atoms. The maximum absolute atomic E-state index is 5.62. The van der Waals surface area contributed by atoms with Gasteiger partial charge in [-0.2, -0.15) is 0 Å². The summed E-state index contributed by atoms with van der Waals surface area (Å²) in [5, 5.41) is 0. The molecule has 2 heterocycles. The molecule has 0 saturated heterocycles. The number of rotatable bonds is 1. The molecule has 0 aromatic carbocycles. The highest BCUT2D eigenvalue weighted by Gasteiger charge is 2.25.